The molecule has 0 aliphatic rings. The molecule has 8 heteroatoms. The molecule has 0 bridgehead atoms. The van der Waals surface area contributed by atoms with E-state index in [1.165, 1.54) is 23.3 Å². The lowest BCUT2D eigenvalue weighted by atomic mass is 10.5. The molecule has 0 aliphatic heterocycles. The summed E-state index contributed by atoms with van der Waals surface area (Å²) in [6.07, 6.45) is 5.47. The Balaban J connectivity index is 2.63. The molecular formula is C7H4ClN5O2. The Bertz CT molecular complexity index is 498. The zero-order valence-corrected chi connectivity index (χ0v) is 8.00. The molecule has 0 N–H and O–H groups in total. The molecule has 2 aromatic rings. The van der Waals surface area contributed by atoms with Gasteiger partial charge in [-0.2, -0.15) is 4.98 Å². The summed E-state index contributed by atoms with van der Waals surface area (Å²) in [4.78, 5) is 21.2. The SMILES string of the molecule is O=[N+]([O-])c1cnc(Cl)nc1-n1ccnc1. The van der Waals surface area contributed by atoms with Crippen LogP contribution >= 0.6 is 11.6 Å². The molecule has 0 radical (unpaired) electrons. The van der Waals surface area contributed by atoms with E-state index in [1.54, 1.807) is 0 Å². The second-order valence-corrected chi connectivity index (χ2v) is 2.91. The monoisotopic (exact) mass is 225 g/mol. The van der Waals surface area contributed by atoms with Gasteiger partial charge in [0.05, 0.1) is 4.92 Å². The van der Waals surface area contributed by atoms with Crippen LogP contribution in [0, 0.1) is 10.1 Å². The quantitative estimate of drug-likeness (QED) is 0.436. The van der Waals surface area contributed by atoms with E-state index in [2.05, 4.69) is 15.0 Å². The molecule has 0 aromatic carbocycles. The third-order valence-electron chi connectivity index (χ3n) is 1.67. The Morgan fingerprint density at radius 2 is 2.33 bits per heavy atom. The van der Waals surface area contributed by atoms with Crippen LogP contribution in [0.2, 0.25) is 5.28 Å². The van der Waals surface area contributed by atoms with Crippen LogP contribution in [0.4, 0.5) is 5.69 Å². The molecule has 0 spiro atoms. The van der Waals surface area contributed by atoms with Gasteiger partial charge in [0.25, 0.3) is 0 Å². The standard InChI is InChI=1S/C7H4ClN5O2/c8-7-10-3-5(13(14)15)6(11-7)12-2-1-9-4-12/h1-4H. The van der Waals surface area contributed by atoms with E-state index in [-0.39, 0.29) is 16.8 Å². The molecule has 2 heterocycles. The highest BCUT2D eigenvalue weighted by atomic mass is 35.5. The highest BCUT2D eigenvalue weighted by molar-refractivity contribution is 6.28. The van der Waals surface area contributed by atoms with Crippen LogP contribution in [0.1, 0.15) is 0 Å². The molecule has 2 rings (SSSR count). The first-order chi connectivity index (χ1) is 7.18. The van der Waals surface area contributed by atoms with E-state index in [0.717, 1.165) is 6.20 Å². The van der Waals surface area contributed by atoms with Crippen LogP contribution < -0.4 is 0 Å². The van der Waals surface area contributed by atoms with Gasteiger partial charge in [-0.15, -0.1) is 0 Å². The van der Waals surface area contributed by atoms with E-state index in [4.69, 9.17) is 11.6 Å². The number of halogens is 1. The molecule has 0 unspecified atom stereocenters. The smallest absolute Gasteiger partial charge is 0.285 e. The third kappa shape index (κ3) is 1.77. The number of nitro groups is 1. The van der Waals surface area contributed by atoms with Gasteiger partial charge in [0, 0.05) is 12.4 Å². The maximum absolute atomic E-state index is 10.7. The van der Waals surface area contributed by atoms with Crippen LogP contribution in [-0.2, 0) is 0 Å². The van der Waals surface area contributed by atoms with Crippen molar-refractivity contribution in [2.75, 3.05) is 0 Å². The molecule has 0 atom stereocenters. The molecule has 0 aliphatic carbocycles. The van der Waals surface area contributed by atoms with Gasteiger partial charge in [-0.3, -0.25) is 14.7 Å². The summed E-state index contributed by atoms with van der Waals surface area (Å²) >= 11 is 5.56. The Kier molecular flexibility index (Phi) is 2.30. The van der Waals surface area contributed by atoms with Gasteiger partial charge < -0.3 is 0 Å². The highest BCUT2D eigenvalue weighted by Gasteiger charge is 2.17. The topological polar surface area (TPSA) is 86.7 Å². The Labute approximate surface area is 88.5 Å². The van der Waals surface area contributed by atoms with Crippen molar-refractivity contribution in [3.05, 3.63) is 40.3 Å². The minimum absolute atomic E-state index is 0.0516. The fourth-order valence-electron chi connectivity index (χ4n) is 1.05. The Morgan fingerprint density at radius 1 is 1.53 bits per heavy atom. The van der Waals surface area contributed by atoms with Gasteiger partial charge >= 0.3 is 5.69 Å². The molecule has 76 valence electrons. The lowest BCUT2D eigenvalue weighted by Gasteiger charge is -2.01. The van der Waals surface area contributed by atoms with Crippen molar-refractivity contribution in [3.63, 3.8) is 0 Å². The van der Waals surface area contributed by atoms with E-state index in [0.29, 0.717) is 0 Å². The van der Waals surface area contributed by atoms with Crippen molar-refractivity contribution in [2.45, 2.75) is 0 Å². The van der Waals surface area contributed by atoms with Crippen LogP contribution in [-0.4, -0.2) is 24.4 Å². The average molecular weight is 226 g/mol. The molecule has 0 amide bonds. The predicted molar refractivity (Wildman–Crippen MR) is 50.8 cm³/mol. The number of aromatic nitrogens is 4. The maximum atomic E-state index is 10.7. The largest absolute Gasteiger partial charge is 0.330 e. The molecule has 0 saturated carbocycles. The molecule has 7 nitrogen and oxygen atoms in total. The van der Waals surface area contributed by atoms with Crippen LogP contribution in [0.15, 0.2) is 24.9 Å². The normalized spacial score (nSPS) is 10.2. The number of hydrogen-bond acceptors (Lipinski definition) is 5. The lowest BCUT2D eigenvalue weighted by Crippen LogP contribution is -2.02. The molecule has 0 fully saturated rings. The number of nitrogens with zero attached hydrogens (tertiary/aromatic N) is 5. The summed E-state index contributed by atoms with van der Waals surface area (Å²) in [6.45, 7) is 0. The molecule has 0 saturated heterocycles. The summed E-state index contributed by atoms with van der Waals surface area (Å²) in [7, 11) is 0. The van der Waals surface area contributed by atoms with Crippen molar-refractivity contribution in [3.8, 4) is 5.82 Å². The molecule has 2 aromatic heterocycles. The van der Waals surface area contributed by atoms with Crippen LogP contribution in [0.3, 0.4) is 0 Å². The van der Waals surface area contributed by atoms with Gasteiger partial charge in [0.2, 0.25) is 11.1 Å². The predicted octanol–water partition coefficient (Wildman–Crippen LogP) is 1.22. The number of hydrogen-bond donors (Lipinski definition) is 0. The first-order valence-electron chi connectivity index (χ1n) is 3.84. The van der Waals surface area contributed by atoms with Crippen molar-refractivity contribution >= 4 is 17.3 Å². The van der Waals surface area contributed by atoms with E-state index in [1.807, 2.05) is 0 Å². The van der Waals surface area contributed by atoms with Crippen molar-refractivity contribution in [2.24, 2.45) is 0 Å². The van der Waals surface area contributed by atoms with Crippen LogP contribution in [0.25, 0.3) is 5.82 Å². The first kappa shape index (κ1) is 9.53. The Hall–Kier alpha value is -2.02. The average Bonchev–Trinajstić information content (AvgIpc) is 2.69. The lowest BCUT2D eigenvalue weighted by molar-refractivity contribution is -0.385. The van der Waals surface area contributed by atoms with Crippen molar-refractivity contribution in [1.82, 2.24) is 19.5 Å². The maximum Gasteiger partial charge on any atom is 0.330 e. The summed E-state index contributed by atoms with van der Waals surface area (Å²) in [5.74, 6) is 0.0949. The molecular weight excluding hydrogens is 222 g/mol. The fourth-order valence-corrected chi connectivity index (χ4v) is 1.18. The van der Waals surface area contributed by atoms with E-state index in [9.17, 15) is 10.1 Å². The van der Waals surface area contributed by atoms with Crippen LogP contribution in [0.5, 0.6) is 0 Å². The second kappa shape index (κ2) is 3.62. The summed E-state index contributed by atoms with van der Waals surface area (Å²) in [6, 6.07) is 0. The number of imidazole rings is 1. The zero-order chi connectivity index (χ0) is 10.8. The summed E-state index contributed by atoms with van der Waals surface area (Å²) in [5, 5.41) is 10.6. The van der Waals surface area contributed by atoms with Gasteiger partial charge in [0.1, 0.15) is 12.5 Å². The minimum atomic E-state index is -0.578. The molecule has 15 heavy (non-hydrogen) atoms. The Morgan fingerprint density at radius 3 is 2.93 bits per heavy atom. The zero-order valence-electron chi connectivity index (χ0n) is 7.24. The summed E-state index contributed by atoms with van der Waals surface area (Å²) < 4.78 is 1.39. The fraction of sp³-hybridized carbons (Fsp3) is 0. The second-order valence-electron chi connectivity index (χ2n) is 2.57. The van der Waals surface area contributed by atoms with Crippen molar-refractivity contribution < 1.29 is 4.92 Å². The van der Waals surface area contributed by atoms with Gasteiger partial charge in [-0.05, 0) is 11.6 Å². The van der Waals surface area contributed by atoms with E-state index >= 15 is 0 Å². The van der Waals surface area contributed by atoms with Gasteiger partial charge in [-0.25, -0.2) is 9.97 Å². The number of rotatable bonds is 2. The van der Waals surface area contributed by atoms with E-state index < -0.39 is 4.92 Å². The van der Waals surface area contributed by atoms with Crippen molar-refractivity contribution in [1.29, 1.82) is 0 Å². The minimum Gasteiger partial charge on any atom is -0.285 e. The summed E-state index contributed by atoms with van der Waals surface area (Å²) in [5.41, 5.74) is -0.225. The van der Waals surface area contributed by atoms with Gasteiger partial charge in [0.15, 0.2) is 0 Å². The highest BCUT2D eigenvalue weighted by Crippen LogP contribution is 2.20. The first-order valence-corrected chi connectivity index (χ1v) is 4.21. The van der Waals surface area contributed by atoms with Gasteiger partial charge in [-0.1, -0.05) is 0 Å². The third-order valence-corrected chi connectivity index (χ3v) is 1.85.